The third kappa shape index (κ3) is 5.88. The normalized spacial score (nSPS) is 22.7. The lowest BCUT2D eigenvalue weighted by Gasteiger charge is -2.47. The highest BCUT2D eigenvalue weighted by molar-refractivity contribution is 9.10. The molecular formula is C26H26BrF3N4O3S. The van der Waals surface area contributed by atoms with Gasteiger partial charge in [0.15, 0.2) is 0 Å². The topological polar surface area (TPSA) is 94.6 Å². The lowest BCUT2D eigenvalue weighted by Crippen LogP contribution is -2.63. The number of hydrogen-bond donors (Lipinski definition) is 3. The second kappa shape index (κ2) is 10.6. The molecule has 0 unspecified atom stereocenters. The van der Waals surface area contributed by atoms with Gasteiger partial charge in [-0.05, 0) is 62.1 Å². The SMILES string of the molecule is O=C(CNC(=O)c1cccc(C(F)(F)F)c1)NC1CN(C2CCC(O)(c3nc4ccc(Br)cc4s3)CC2)C1. The number of alkyl halides is 3. The quantitative estimate of drug-likeness (QED) is 0.384. The minimum Gasteiger partial charge on any atom is -0.383 e. The van der Waals surface area contributed by atoms with Gasteiger partial charge in [0.25, 0.3) is 5.91 Å². The van der Waals surface area contributed by atoms with Crippen LogP contribution in [0.5, 0.6) is 0 Å². The van der Waals surface area contributed by atoms with E-state index >= 15 is 0 Å². The fraction of sp³-hybridized carbons (Fsp3) is 0.423. The Morgan fingerprint density at radius 3 is 2.61 bits per heavy atom. The number of carbonyl (C=O) groups is 2. The molecule has 38 heavy (non-hydrogen) atoms. The second-order valence-corrected chi connectivity index (χ2v) is 11.8. The third-order valence-electron chi connectivity index (χ3n) is 7.18. The van der Waals surface area contributed by atoms with E-state index in [9.17, 15) is 27.9 Å². The van der Waals surface area contributed by atoms with Crippen molar-refractivity contribution >= 4 is 49.3 Å². The molecule has 202 valence electrons. The Morgan fingerprint density at radius 1 is 1.16 bits per heavy atom. The Balaban J connectivity index is 1.05. The minimum absolute atomic E-state index is 0.0588. The van der Waals surface area contributed by atoms with Crippen LogP contribution in [0.25, 0.3) is 10.2 Å². The molecule has 12 heteroatoms. The van der Waals surface area contributed by atoms with Crippen LogP contribution in [0.2, 0.25) is 0 Å². The molecule has 0 atom stereocenters. The maximum Gasteiger partial charge on any atom is 0.416 e. The predicted molar refractivity (Wildman–Crippen MR) is 141 cm³/mol. The van der Waals surface area contributed by atoms with E-state index in [1.807, 2.05) is 18.2 Å². The monoisotopic (exact) mass is 610 g/mol. The average molecular weight is 611 g/mol. The van der Waals surface area contributed by atoms with Crippen molar-refractivity contribution in [2.45, 2.75) is 49.5 Å². The summed E-state index contributed by atoms with van der Waals surface area (Å²) in [6.07, 6.45) is -1.66. The van der Waals surface area contributed by atoms with Gasteiger partial charge in [0.1, 0.15) is 10.6 Å². The van der Waals surface area contributed by atoms with Crippen molar-refractivity contribution in [1.82, 2.24) is 20.5 Å². The molecule has 0 spiro atoms. The number of rotatable bonds is 6. The highest BCUT2D eigenvalue weighted by Crippen LogP contribution is 2.42. The van der Waals surface area contributed by atoms with Crippen LogP contribution in [-0.4, -0.2) is 58.5 Å². The summed E-state index contributed by atoms with van der Waals surface area (Å²) in [5.41, 5.74) is -1.11. The maximum atomic E-state index is 12.9. The third-order valence-corrected chi connectivity index (χ3v) is 8.89. The van der Waals surface area contributed by atoms with Gasteiger partial charge in [0, 0.05) is 29.2 Å². The van der Waals surface area contributed by atoms with Crippen LogP contribution in [0, 0.1) is 0 Å². The average Bonchev–Trinajstić information content (AvgIpc) is 3.29. The van der Waals surface area contributed by atoms with E-state index in [4.69, 9.17) is 0 Å². The number of nitrogens with zero attached hydrogens (tertiary/aromatic N) is 2. The molecule has 1 saturated carbocycles. The Labute approximate surface area is 229 Å². The van der Waals surface area contributed by atoms with E-state index in [1.165, 1.54) is 17.4 Å². The molecule has 3 N–H and O–H groups in total. The van der Waals surface area contributed by atoms with Crippen molar-refractivity contribution in [3.8, 4) is 0 Å². The summed E-state index contributed by atoms with van der Waals surface area (Å²) in [6.45, 7) is 1.03. The van der Waals surface area contributed by atoms with Crippen LogP contribution in [0.3, 0.4) is 0 Å². The molecule has 0 radical (unpaired) electrons. The lowest BCUT2D eigenvalue weighted by molar-refractivity contribution is -0.137. The number of fused-ring (bicyclic) bond motifs is 1. The van der Waals surface area contributed by atoms with Crippen LogP contribution in [0.15, 0.2) is 46.9 Å². The van der Waals surface area contributed by atoms with Gasteiger partial charge in [-0.2, -0.15) is 13.2 Å². The van der Waals surface area contributed by atoms with Crippen molar-refractivity contribution in [3.63, 3.8) is 0 Å². The first-order valence-corrected chi connectivity index (χ1v) is 13.9. The van der Waals surface area contributed by atoms with Gasteiger partial charge in [0.05, 0.1) is 28.4 Å². The lowest BCUT2D eigenvalue weighted by atomic mass is 9.81. The Hall–Kier alpha value is -2.54. The molecule has 1 saturated heterocycles. The zero-order valence-electron chi connectivity index (χ0n) is 20.2. The molecule has 2 aliphatic rings. The van der Waals surface area contributed by atoms with Crippen molar-refractivity contribution in [3.05, 3.63) is 63.1 Å². The summed E-state index contributed by atoms with van der Waals surface area (Å²) in [5, 5.41) is 17.3. The Morgan fingerprint density at radius 2 is 1.89 bits per heavy atom. The molecular weight excluding hydrogens is 585 g/mol. The van der Waals surface area contributed by atoms with Gasteiger partial charge in [-0.25, -0.2) is 4.98 Å². The molecule has 3 aromatic rings. The summed E-state index contributed by atoms with van der Waals surface area (Å²) >= 11 is 5.00. The summed E-state index contributed by atoms with van der Waals surface area (Å²) < 4.78 is 40.6. The van der Waals surface area contributed by atoms with Gasteiger partial charge < -0.3 is 15.7 Å². The zero-order valence-corrected chi connectivity index (χ0v) is 22.6. The molecule has 2 heterocycles. The van der Waals surface area contributed by atoms with Crippen LogP contribution >= 0.6 is 27.3 Å². The van der Waals surface area contributed by atoms with Crippen LogP contribution < -0.4 is 10.6 Å². The van der Waals surface area contributed by atoms with Crippen LogP contribution in [0.1, 0.15) is 46.6 Å². The number of aromatic nitrogens is 1. The molecule has 1 aliphatic carbocycles. The van der Waals surface area contributed by atoms with Gasteiger partial charge in [-0.1, -0.05) is 22.0 Å². The predicted octanol–water partition coefficient (Wildman–Crippen LogP) is 4.44. The summed E-state index contributed by atoms with van der Waals surface area (Å²) in [6, 6.07) is 10.2. The van der Waals surface area contributed by atoms with Crippen LogP contribution in [0.4, 0.5) is 13.2 Å². The first kappa shape index (κ1) is 27.0. The first-order chi connectivity index (χ1) is 18.0. The smallest absolute Gasteiger partial charge is 0.383 e. The van der Waals surface area contributed by atoms with Gasteiger partial charge in [-0.3, -0.25) is 14.5 Å². The second-order valence-electron chi connectivity index (χ2n) is 9.87. The number of benzene rings is 2. The summed E-state index contributed by atoms with van der Waals surface area (Å²) in [4.78, 5) is 31.4. The number of nitrogens with one attached hydrogen (secondary N) is 2. The number of amides is 2. The molecule has 2 amide bonds. The van der Waals surface area contributed by atoms with Gasteiger partial charge >= 0.3 is 6.18 Å². The number of thiazole rings is 1. The van der Waals surface area contributed by atoms with E-state index in [1.54, 1.807) is 0 Å². The van der Waals surface area contributed by atoms with E-state index in [0.29, 0.717) is 32.0 Å². The van der Waals surface area contributed by atoms with Crippen molar-refractivity contribution in [2.24, 2.45) is 0 Å². The zero-order chi connectivity index (χ0) is 27.1. The van der Waals surface area contributed by atoms with Gasteiger partial charge in [-0.15, -0.1) is 11.3 Å². The first-order valence-electron chi connectivity index (χ1n) is 12.3. The highest BCUT2D eigenvalue weighted by Gasteiger charge is 2.42. The fourth-order valence-corrected chi connectivity index (χ4v) is 6.70. The summed E-state index contributed by atoms with van der Waals surface area (Å²) in [5.74, 6) is -1.13. The number of halogens is 4. The Bertz CT molecular complexity index is 1350. The van der Waals surface area contributed by atoms with E-state index in [2.05, 4.69) is 36.4 Å². The summed E-state index contributed by atoms with van der Waals surface area (Å²) in [7, 11) is 0. The van der Waals surface area contributed by atoms with Crippen molar-refractivity contribution < 1.29 is 27.9 Å². The molecule has 7 nitrogen and oxygen atoms in total. The number of aliphatic hydroxyl groups is 1. The number of likely N-dealkylation sites (tertiary alicyclic amines) is 1. The van der Waals surface area contributed by atoms with E-state index in [0.717, 1.165) is 50.7 Å². The molecule has 2 fully saturated rings. The minimum atomic E-state index is -4.55. The van der Waals surface area contributed by atoms with E-state index < -0.39 is 29.2 Å². The van der Waals surface area contributed by atoms with Crippen molar-refractivity contribution in [2.75, 3.05) is 19.6 Å². The number of carbonyl (C=O) groups excluding carboxylic acids is 2. The van der Waals surface area contributed by atoms with Crippen LogP contribution in [-0.2, 0) is 16.6 Å². The number of hydrogen-bond acceptors (Lipinski definition) is 6. The Kier molecular flexibility index (Phi) is 7.51. The molecule has 1 aromatic heterocycles. The van der Waals surface area contributed by atoms with E-state index in [-0.39, 0.29) is 18.2 Å². The fourth-order valence-electron chi connectivity index (χ4n) is 5.04. The molecule has 2 aromatic carbocycles. The standard InChI is InChI=1S/C26H26BrF3N4O3S/c27-17-4-5-20-21(11-17)38-24(33-20)25(37)8-6-19(7-9-25)34-13-18(14-34)32-22(35)12-31-23(36)15-2-1-3-16(10-15)26(28,29)30/h1-5,10-11,18-19,37H,6-9,12-14H2,(H,31,36)(H,32,35). The van der Waals surface area contributed by atoms with Crippen molar-refractivity contribution in [1.29, 1.82) is 0 Å². The highest BCUT2D eigenvalue weighted by atomic mass is 79.9. The van der Waals surface area contributed by atoms with Gasteiger partial charge in [0.2, 0.25) is 5.91 Å². The molecule has 1 aliphatic heterocycles. The molecule has 5 rings (SSSR count). The maximum absolute atomic E-state index is 12.9. The molecule has 0 bridgehead atoms. The largest absolute Gasteiger partial charge is 0.416 e.